The van der Waals surface area contributed by atoms with Crippen LogP contribution in [0.25, 0.3) is 21.8 Å². The number of anilines is 4. The minimum atomic E-state index is 0. The molecule has 6 aromatic rings. The molecule has 10 nitrogen and oxygen atoms in total. The SMILES string of the molecule is CBr.CC.CC.CCC.CCC.COc1cc2ncnc(Nc3ccccc3)c2cc1OC.COc1cc2ncnc(Nc3ccccc3)c2cc1OC.F. The van der Waals surface area contributed by atoms with Crippen LogP contribution in [0.5, 0.6) is 23.0 Å². The molecule has 0 aliphatic rings. The summed E-state index contributed by atoms with van der Waals surface area (Å²) >= 11 is 2.94. The number of halogens is 2. The first-order chi connectivity index (χ1) is 26.5. The first-order valence-corrected chi connectivity index (χ1v) is 19.8. The maximum Gasteiger partial charge on any atom is 0.162 e. The molecule has 0 bridgehead atoms. The van der Waals surface area contributed by atoms with Crippen LogP contribution >= 0.6 is 15.9 Å². The van der Waals surface area contributed by atoms with Crippen molar-refractivity contribution in [2.45, 2.75) is 68.2 Å². The number of alkyl halides is 1. The molecule has 0 unspecified atom stereocenters. The second-order valence-electron chi connectivity index (χ2n) is 10.3. The lowest BCUT2D eigenvalue weighted by atomic mass is 10.2. The van der Waals surface area contributed by atoms with E-state index in [9.17, 15) is 0 Å². The molecule has 0 saturated carbocycles. The quantitative estimate of drug-likeness (QED) is 0.144. The molecule has 2 heterocycles. The standard InChI is InChI=1S/2C16H15N3O2.2C3H8.2C2H6.CH3Br.FH/c2*1-20-14-8-12-13(9-15(14)21-2)17-10-18-16(12)19-11-6-4-3-5-7-11;2*1-3-2;3*1-2;/h2*3-10H,1-2H3,(H,17,18,19);2*3H2,1-2H3;2*1-2H3;1H3;1H. The Morgan fingerprint density at radius 1 is 0.473 bits per heavy atom. The molecule has 6 rings (SSSR count). The smallest absolute Gasteiger partial charge is 0.162 e. The number of methoxy groups -OCH3 is 4. The molecule has 0 saturated heterocycles. The van der Waals surface area contributed by atoms with E-state index in [0.29, 0.717) is 23.0 Å². The average Bonchev–Trinajstić information content (AvgIpc) is 3.24. The summed E-state index contributed by atoms with van der Waals surface area (Å²) in [5.74, 6) is 5.86. The van der Waals surface area contributed by atoms with Crippen molar-refractivity contribution in [1.82, 2.24) is 19.9 Å². The maximum atomic E-state index is 5.34. The summed E-state index contributed by atoms with van der Waals surface area (Å²) in [4.78, 5) is 17.2. The highest BCUT2D eigenvalue weighted by Gasteiger charge is 2.12. The van der Waals surface area contributed by atoms with Gasteiger partial charge in [0.1, 0.15) is 24.3 Å². The van der Waals surface area contributed by atoms with Crippen molar-refractivity contribution >= 4 is 60.7 Å². The van der Waals surface area contributed by atoms with Crippen LogP contribution in [0.3, 0.4) is 0 Å². The fourth-order valence-electron chi connectivity index (χ4n) is 4.28. The number of nitrogens with one attached hydrogen (secondary N) is 2. The number of fused-ring (bicyclic) bond motifs is 2. The summed E-state index contributed by atoms with van der Waals surface area (Å²) in [6.45, 7) is 16.5. The highest BCUT2D eigenvalue weighted by Crippen LogP contribution is 2.35. The van der Waals surface area contributed by atoms with Crippen LogP contribution in [-0.4, -0.2) is 54.2 Å². The maximum absolute atomic E-state index is 5.34. The second kappa shape index (κ2) is 32.2. The predicted octanol–water partition coefficient (Wildman–Crippen LogP) is 12.8. The van der Waals surface area contributed by atoms with Crippen molar-refractivity contribution in [3.63, 3.8) is 0 Å². The zero-order chi connectivity index (χ0) is 40.7. The monoisotopic (exact) mass is 824 g/mol. The van der Waals surface area contributed by atoms with E-state index >= 15 is 0 Å². The van der Waals surface area contributed by atoms with Crippen LogP contribution in [0.2, 0.25) is 0 Å². The fourth-order valence-corrected chi connectivity index (χ4v) is 4.28. The molecule has 12 heteroatoms. The van der Waals surface area contributed by atoms with Crippen LogP contribution in [0.1, 0.15) is 68.2 Å². The summed E-state index contributed by atoms with van der Waals surface area (Å²) < 4.78 is 21.3. The van der Waals surface area contributed by atoms with Crippen molar-refractivity contribution in [3.05, 3.63) is 97.6 Å². The number of hydrogen-bond donors (Lipinski definition) is 2. The molecule has 0 radical (unpaired) electrons. The molecule has 0 aliphatic heterocycles. The first-order valence-electron chi connectivity index (χ1n) is 18.2. The van der Waals surface area contributed by atoms with Gasteiger partial charge >= 0.3 is 0 Å². The summed E-state index contributed by atoms with van der Waals surface area (Å²) in [7, 11) is 6.43. The Bertz CT molecular complexity index is 1700. The van der Waals surface area contributed by atoms with Gasteiger partial charge in [-0.15, -0.1) is 0 Å². The number of aromatic nitrogens is 4. The van der Waals surface area contributed by atoms with Gasteiger partial charge in [0.25, 0.3) is 0 Å². The molecule has 55 heavy (non-hydrogen) atoms. The Morgan fingerprint density at radius 3 is 1.02 bits per heavy atom. The molecule has 0 atom stereocenters. The van der Waals surface area contributed by atoms with E-state index < -0.39 is 0 Å². The molecule has 0 fully saturated rings. The largest absolute Gasteiger partial charge is 0.493 e. The lowest BCUT2D eigenvalue weighted by Crippen LogP contribution is -1.97. The molecular formula is C43H62BrFN6O4. The average molecular weight is 826 g/mol. The molecule has 0 aliphatic carbocycles. The van der Waals surface area contributed by atoms with Crippen molar-refractivity contribution < 1.29 is 23.7 Å². The molecule has 2 aromatic heterocycles. The van der Waals surface area contributed by atoms with Crippen LogP contribution in [0, 0.1) is 0 Å². The van der Waals surface area contributed by atoms with Gasteiger partial charge in [-0.1, -0.05) is 121 Å². The van der Waals surface area contributed by atoms with Gasteiger partial charge in [0.2, 0.25) is 0 Å². The summed E-state index contributed by atoms with van der Waals surface area (Å²) in [5, 5.41) is 8.32. The topological polar surface area (TPSA) is 113 Å². The summed E-state index contributed by atoms with van der Waals surface area (Å²) in [5.41, 5.74) is 3.52. The third kappa shape index (κ3) is 17.2. The Hall–Kier alpha value is -5.23. The minimum absolute atomic E-state index is 0. The number of para-hydroxylation sites is 2. The van der Waals surface area contributed by atoms with Gasteiger partial charge in [0.15, 0.2) is 23.0 Å². The minimum Gasteiger partial charge on any atom is -0.493 e. The first kappa shape index (κ1) is 51.9. The lowest BCUT2D eigenvalue weighted by Gasteiger charge is -2.12. The number of rotatable bonds is 8. The molecule has 302 valence electrons. The van der Waals surface area contributed by atoms with Crippen LogP contribution < -0.4 is 29.6 Å². The van der Waals surface area contributed by atoms with Crippen molar-refractivity contribution in [2.24, 2.45) is 0 Å². The number of hydrogen-bond acceptors (Lipinski definition) is 10. The highest BCUT2D eigenvalue weighted by atomic mass is 79.9. The van der Waals surface area contributed by atoms with E-state index in [2.05, 4.69) is 74.2 Å². The molecule has 0 spiro atoms. The highest BCUT2D eigenvalue weighted by molar-refractivity contribution is 9.08. The Morgan fingerprint density at radius 2 is 0.745 bits per heavy atom. The van der Waals surface area contributed by atoms with E-state index in [1.165, 1.54) is 25.5 Å². The zero-order valence-corrected chi connectivity index (χ0v) is 36.4. The molecule has 0 amide bonds. The molecule has 2 N–H and O–H groups in total. The lowest BCUT2D eigenvalue weighted by molar-refractivity contribution is 0.356. The van der Waals surface area contributed by atoms with E-state index in [4.69, 9.17) is 18.9 Å². The molecule has 4 aromatic carbocycles. The Kier molecular flexibility index (Phi) is 30.4. The van der Waals surface area contributed by atoms with Crippen LogP contribution in [-0.2, 0) is 0 Å². The molecular weight excluding hydrogens is 763 g/mol. The number of nitrogens with zero attached hydrogens (tertiary/aromatic N) is 4. The third-order valence-electron chi connectivity index (χ3n) is 6.35. The number of benzene rings is 4. The number of ether oxygens (including phenoxy) is 4. The summed E-state index contributed by atoms with van der Waals surface area (Å²) in [6, 6.07) is 27.2. The van der Waals surface area contributed by atoms with Crippen molar-refractivity contribution in [1.29, 1.82) is 0 Å². The normalized spacial score (nSPS) is 8.91. The van der Waals surface area contributed by atoms with Crippen LogP contribution in [0.4, 0.5) is 27.7 Å². The van der Waals surface area contributed by atoms with E-state index in [1.54, 1.807) is 28.4 Å². The van der Waals surface area contributed by atoms with E-state index in [-0.39, 0.29) is 4.70 Å². The van der Waals surface area contributed by atoms with Gasteiger partial charge in [0, 0.05) is 34.3 Å². The van der Waals surface area contributed by atoms with E-state index in [0.717, 1.165) is 44.8 Å². The zero-order valence-electron chi connectivity index (χ0n) is 34.9. The van der Waals surface area contributed by atoms with Gasteiger partial charge in [-0.2, -0.15) is 0 Å². The van der Waals surface area contributed by atoms with Gasteiger partial charge in [-0.25, -0.2) is 19.9 Å². The van der Waals surface area contributed by atoms with Crippen molar-refractivity contribution in [3.8, 4) is 23.0 Å². The second-order valence-corrected chi connectivity index (χ2v) is 10.3. The van der Waals surface area contributed by atoms with Crippen molar-refractivity contribution in [2.75, 3.05) is 44.9 Å². The third-order valence-corrected chi connectivity index (χ3v) is 6.35. The van der Waals surface area contributed by atoms with Gasteiger partial charge in [-0.05, 0) is 42.2 Å². The van der Waals surface area contributed by atoms with Gasteiger partial charge in [0.05, 0.1) is 39.5 Å². The van der Waals surface area contributed by atoms with Gasteiger partial charge < -0.3 is 29.6 Å². The fraction of sp³-hybridized carbons (Fsp3) is 0.349. The van der Waals surface area contributed by atoms with Crippen LogP contribution in [0.15, 0.2) is 97.6 Å². The predicted molar refractivity (Wildman–Crippen MR) is 237 cm³/mol. The summed E-state index contributed by atoms with van der Waals surface area (Å²) in [6.07, 6.45) is 5.55. The van der Waals surface area contributed by atoms with Gasteiger partial charge in [-0.3, -0.25) is 4.70 Å². The Balaban J connectivity index is 0. The Labute approximate surface area is 337 Å². The van der Waals surface area contributed by atoms with E-state index in [1.807, 2.05) is 118 Å².